The maximum absolute atomic E-state index is 13.2. The highest BCUT2D eigenvalue weighted by atomic mass is 35.5. The number of rotatable bonds is 4. The van der Waals surface area contributed by atoms with E-state index in [9.17, 15) is 9.59 Å². The Labute approximate surface area is 174 Å². The summed E-state index contributed by atoms with van der Waals surface area (Å²) in [5.41, 5.74) is 2.98. The predicted octanol–water partition coefficient (Wildman–Crippen LogP) is 1.89. The second-order valence-electron chi connectivity index (χ2n) is 7.29. The molecular weight excluding hydrogens is 392 g/mol. The summed E-state index contributed by atoms with van der Waals surface area (Å²) in [6.07, 6.45) is 3.59. The van der Waals surface area contributed by atoms with Crippen molar-refractivity contribution in [2.75, 3.05) is 20.1 Å². The highest BCUT2D eigenvalue weighted by molar-refractivity contribution is 6.00. The van der Waals surface area contributed by atoms with Crippen LogP contribution in [-0.4, -0.2) is 50.5 Å². The van der Waals surface area contributed by atoms with E-state index >= 15 is 0 Å². The highest BCUT2D eigenvalue weighted by Gasteiger charge is 2.26. The monoisotopic (exact) mass is 416 g/mol. The Hall–Kier alpha value is -2.71. The van der Waals surface area contributed by atoms with Crippen LogP contribution in [0.25, 0.3) is 5.65 Å². The van der Waals surface area contributed by atoms with Gasteiger partial charge in [0, 0.05) is 25.2 Å². The molecule has 4 rings (SSSR count). The zero-order valence-corrected chi connectivity index (χ0v) is 17.3. The molecule has 0 aromatic carbocycles. The number of nitrogens with one attached hydrogen (secondary N) is 2. The number of hydrogen-bond acceptors (Lipinski definition) is 5. The molecule has 8 nitrogen and oxygen atoms in total. The number of H-pyrrole nitrogens is 1. The lowest BCUT2D eigenvalue weighted by atomic mass is 9.94. The zero-order chi connectivity index (χ0) is 19.7. The lowest BCUT2D eigenvalue weighted by Crippen LogP contribution is -2.29. The number of pyridine rings is 1. The van der Waals surface area contributed by atoms with E-state index in [1.165, 1.54) is 0 Å². The third-order valence-corrected chi connectivity index (χ3v) is 5.27. The third-order valence-electron chi connectivity index (χ3n) is 5.27. The number of fused-ring (bicyclic) bond motifs is 1. The fourth-order valence-corrected chi connectivity index (χ4v) is 3.84. The Morgan fingerprint density at radius 2 is 2.07 bits per heavy atom. The number of aryl methyl sites for hydroxylation is 1. The lowest BCUT2D eigenvalue weighted by molar-refractivity contribution is 0.0784. The van der Waals surface area contributed by atoms with E-state index in [2.05, 4.69) is 20.4 Å². The molecule has 0 radical (unpaired) electrons. The number of carbonyl (C=O) groups excluding carboxylic acids is 1. The number of hydrogen-bond donors (Lipinski definition) is 2. The van der Waals surface area contributed by atoms with Crippen LogP contribution in [0.3, 0.4) is 0 Å². The minimum Gasteiger partial charge on any atom is -0.336 e. The van der Waals surface area contributed by atoms with Crippen molar-refractivity contribution in [1.82, 2.24) is 29.8 Å². The van der Waals surface area contributed by atoms with Crippen LogP contribution >= 0.6 is 12.4 Å². The minimum absolute atomic E-state index is 0. The summed E-state index contributed by atoms with van der Waals surface area (Å²) in [4.78, 5) is 34.2. The van der Waals surface area contributed by atoms with Crippen molar-refractivity contribution in [3.05, 3.63) is 63.5 Å². The molecule has 9 heteroatoms. The number of piperidine rings is 1. The Morgan fingerprint density at radius 3 is 2.76 bits per heavy atom. The van der Waals surface area contributed by atoms with E-state index < -0.39 is 0 Å². The van der Waals surface area contributed by atoms with Crippen LogP contribution in [0, 0.1) is 6.92 Å². The van der Waals surface area contributed by atoms with E-state index in [0.717, 1.165) is 37.3 Å². The molecule has 1 fully saturated rings. The number of carbonyl (C=O) groups is 1. The molecule has 154 valence electrons. The standard InChI is InChI=1S/C20H24N6O2.ClH/c1-13-18(20(28)25(2)12-15-5-3-4-8-22-15)19-23-17(27)11-16(26(19)24-13)14-6-9-21-10-7-14;/h3-5,8,11,14,21H,6-7,9-10,12H2,1-2H3,(H,23,27);1H. The van der Waals surface area contributed by atoms with Crippen molar-refractivity contribution < 1.29 is 4.79 Å². The maximum atomic E-state index is 13.2. The molecule has 3 aromatic heterocycles. The van der Waals surface area contributed by atoms with Crippen LogP contribution in [0.5, 0.6) is 0 Å². The maximum Gasteiger partial charge on any atom is 0.259 e. The van der Waals surface area contributed by atoms with Crippen molar-refractivity contribution in [2.24, 2.45) is 0 Å². The highest BCUT2D eigenvalue weighted by Crippen LogP contribution is 2.26. The molecule has 29 heavy (non-hydrogen) atoms. The number of nitrogens with zero attached hydrogens (tertiary/aromatic N) is 4. The van der Waals surface area contributed by atoms with Crippen molar-refractivity contribution in [1.29, 1.82) is 0 Å². The average molecular weight is 417 g/mol. The van der Waals surface area contributed by atoms with Crippen molar-refractivity contribution in [3.63, 3.8) is 0 Å². The molecule has 4 heterocycles. The van der Waals surface area contributed by atoms with Gasteiger partial charge >= 0.3 is 0 Å². The van der Waals surface area contributed by atoms with Crippen molar-refractivity contribution >= 4 is 24.0 Å². The number of aromatic amines is 1. The summed E-state index contributed by atoms with van der Waals surface area (Å²) in [7, 11) is 1.73. The van der Waals surface area contributed by atoms with Crippen LogP contribution in [0.4, 0.5) is 0 Å². The van der Waals surface area contributed by atoms with Gasteiger partial charge in [-0.25, -0.2) is 4.52 Å². The largest absolute Gasteiger partial charge is 0.336 e. The third kappa shape index (κ3) is 4.18. The SMILES string of the molecule is Cc1nn2c(C3CCNCC3)cc(=O)[nH]c2c1C(=O)N(C)Cc1ccccn1.Cl. The van der Waals surface area contributed by atoms with Crippen LogP contribution in [0.15, 0.2) is 35.3 Å². The van der Waals surface area contributed by atoms with Gasteiger partial charge in [-0.1, -0.05) is 6.07 Å². The first-order chi connectivity index (χ1) is 13.5. The Morgan fingerprint density at radius 1 is 1.31 bits per heavy atom. The molecule has 1 amide bonds. The second kappa shape index (κ2) is 8.75. The summed E-state index contributed by atoms with van der Waals surface area (Å²) in [5.74, 6) is 0.0656. The molecule has 1 aliphatic heterocycles. The normalized spacial score (nSPS) is 14.6. The average Bonchev–Trinajstić information content (AvgIpc) is 3.03. The molecule has 0 bridgehead atoms. The van der Waals surface area contributed by atoms with Gasteiger partial charge in [0.2, 0.25) is 0 Å². The molecule has 1 saturated heterocycles. The fourth-order valence-electron chi connectivity index (χ4n) is 3.84. The topological polar surface area (TPSA) is 95.4 Å². The van der Waals surface area contributed by atoms with Gasteiger partial charge in [-0.3, -0.25) is 14.6 Å². The number of amides is 1. The minimum atomic E-state index is -0.206. The van der Waals surface area contributed by atoms with Crippen LogP contribution in [0.2, 0.25) is 0 Å². The molecule has 3 aromatic rings. The van der Waals surface area contributed by atoms with Crippen molar-refractivity contribution in [2.45, 2.75) is 32.2 Å². The summed E-state index contributed by atoms with van der Waals surface area (Å²) in [6, 6.07) is 7.23. The first kappa shape index (κ1) is 21.0. The first-order valence-electron chi connectivity index (χ1n) is 9.53. The molecule has 0 unspecified atom stereocenters. The van der Waals surface area contributed by atoms with E-state index in [1.807, 2.05) is 18.2 Å². The first-order valence-corrected chi connectivity index (χ1v) is 9.53. The molecule has 2 N–H and O–H groups in total. The summed E-state index contributed by atoms with van der Waals surface area (Å²) < 4.78 is 1.74. The van der Waals surface area contributed by atoms with Crippen LogP contribution in [0.1, 0.15) is 46.2 Å². The van der Waals surface area contributed by atoms with E-state index in [-0.39, 0.29) is 29.8 Å². The van der Waals surface area contributed by atoms with Gasteiger partial charge < -0.3 is 15.2 Å². The number of halogens is 1. The van der Waals surface area contributed by atoms with Gasteiger partial charge in [-0.2, -0.15) is 5.10 Å². The second-order valence-corrected chi connectivity index (χ2v) is 7.29. The van der Waals surface area contributed by atoms with E-state index in [4.69, 9.17) is 0 Å². The van der Waals surface area contributed by atoms with Gasteiger partial charge in [0.25, 0.3) is 11.5 Å². The molecule has 0 saturated carbocycles. The Kier molecular flexibility index (Phi) is 6.34. The molecular formula is C20H25ClN6O2. The van der Waals surface area contributed by atoms with Crippen molar-refractivity contribution in [3.8, 4) is 0 Å². The summed E-state index contributed by atoms with van der Waals surface area (Å²) in [5, 5.41) is 7.94. The lowest BCUT2D eigenvalue weighted by Gasteiger charge is -2.23. The fraction of sp³-hybridized carbons (Fsp3) is 0.400. The van der Waals surface area contributed by atoms with E-state index in [1.54, 1.807) is 35.6 Å². The smallest absolute Gasteiger partial charge is 0.259 e. The zero-order valence-electron chi connectivity index (χ0n) is 16.5. The summed E-state index contributed by atoms with van der Waals surface area (Å²) >= 11 is 0. The van der Waals surface area contributed by atoms with Gasteiger partial charge in [-0.15, -0.1) is 12.4 Å². The van der Waals surface area contributed by atoms with Gasteiger partial charge in [-0.05, 0) is 45.0 Å². The Bertz CT molecular complexity index is 1060. The van der Waals surface area contributed by atoms with E-state index in [0.29, 0.717) is 23.4 Å². The van der Waals surface area contributed by atoms with Crippen LogP contribution in [-0.2, 0) is 6.54 Å². The van der Waals surface area contributed by atoms with Gasteiger partial charge in [0.15, 0.2) is 0 Å². The van der Waals surface area contributed by atoms with Gasteiger partial charge in [0.05, 0.1) is 23.6 Å². The molecule has 0 spiro atoms. The molecule has 1 aliphatic rings. The predicted molar refractivity (Wildman–Crippen MR) is 113 cm³/mol. The number of aromatic nitrogens is 4. The molecule has 0 aliphatic carbocycles. The Balaban J connectivity index is 0.00000240. The van der Waals surface area contributed by atoms with Crippen LogP contribution < -0.4 is 10.9 Å². The quantitative estimate of drug-likeness (QED) is 0.677. The molecule has 0 atom stereocenters. The summed E-state index contributed by atoms with van der Waals surface area (Å²) in [6.45, 7) is 4.02. The van der Waals surface area contributed by atoms with Gasteiger partial charge in [0.1, 0.15) is 11.2 Å².